The summed E-state index contributed by atoms with van der Waals surface area (Å²) < 4.78 is 33.3. The maximum absolute atomic E-state index is 13.9. The molecule has 0 spiro atoms. The average Bonchev–Trinajstić information content (AvgIpc) is 2.94. The molecule has 2 aliphatic rings. The summed E-state index contributed by atoms with van der Waals surface area (Å²) >= 11 is 0. The van der Waals surface area contributed by atoms with E-state index in [9.17, 15) is 23.6 Å². The molecule has 2 amide bonds. The van der Waals surface area contributed by atoms with Crippen LogP contribution in [0.2, 0.25) is 0 Å². The summed E-state index contributed by atoms with van der Waals surface area (Å²) in [6, 6.07) is 4.72. The molecule has 2 heterocycles. The van der Waals surface area contributed by atoms with Gasteiger partial charge < -0.3 is 15.8 Å². The summed E-state index contributed by atoms with van der Waals surface area (Å²) in [7, 11) is 0. The van der Waals surface area contributed by atoms with E-state index in [1.807, 2.05) is 11.0 Å². The highest BCUT2D eigenvalue weighted by molar-refractivity contribution is 5.93. The molecule has 0 radical (unpaired) electrons. The van der Waals surface area contributed by atoms with E-state index >= 15 is 0 Å². The number of amides is 2. The molecule has 10 heteroatoms. The van der Waals surface area contributed by atoms with Crippen LogP contribution in [0.25, 0.3) is 0 Å². The molecule has 2 saturated heterocycles. The third kappa shape index (κ3) is 3.27. The van der Waals surface area contributed by atoms with Crippen LogP contribution in [-0.2, 0) is 9.53 Å². The molecule has 1 aromatic rings. The monoisotopic (exact) mass is 393 g/mol. The summed E-state index contributed by atoms with van der Waals surface area (Å²) in [5, 5.41) is 12.7. The van der Waals surface area contributed by atoms with E-state index in [4.69, 9.17) is 10.5 Å². The standard InChI is InChI=1S/C18H21F2N5O3/c1-11(16(22)26)15-18(2-3-21,24-6-4-23-5-7-24)25(17(27)28-15)14-9-12(19)8-13(20)10-14/h8-11,15,23H,2,4-7H2,1H3,(H2,22,26). The van der Waals surface area contributed by atoms with Crippen LogP contribution in [-0.4, -0.2) is 54.8 Å². The number of halogens is 2. The Hall–Kier alpha value is -2.77. The molecule has 28 heavy (non-hydrogen) atoms. The van der Waals surface area contributed by atoms with E-state index in [1.165, 1.54) is 6.92 Å². The molecule has 1 aromatic carbocycles. The Kier molecular flexibility index (Phi) is 5.49. The van der Waals surface area contributed by atoms with Gasteiger partial charge in [-0.05, 0) is 19.1 Å². The number of benzene rings is 1. The molecule has 3 atom stereocenters. The Morgan fingerprint density at radius 3 is 2.54 bits per heavy atom. The van der Waals surface area contributed by atoms with Gasteiger partial charge in [0.2, 0.25) is 5.91 Å². The normalized spacial score (nSPS) is 26.6. The van der Waals surface area contributed by atoms with E-state index in [-0.39, 0.29) is 12.1 Å². The Bertz CT molecular complexity index is 804. The number of nitrogens with one attached hydrogen (secondary N) is 1. The van der Waals surface area contributed by atoms with Crippen LogP contribution in [0.15, 0.2) is 18.2 Å². The largest absolute Gasteiger partial charge is 0.441 e. The first-order valence-corrected chi connectivity index (χ1v) is 8.90. The molecule has 3 N–H and O–H groups in total. The van der Waals surface area contributed by atoms with Crippen molar-refractivity contribution in [2.24, 2.45) is 11.7 Å². The van der Waals surface area contributed by atoms with Crippen molar-refractivity contribution in [3.8, 4) is 6.07 Å². The van der Waals surface area contributed by atoms with Gasteiger partial charge in [0.25, 0.3) is 0 Å². The minimum Gasteiger partial charge on any atom is -0.441 e. The van der Waals surface area contributed by atoms with E-state index < -0.39 is 41.3 Å². The van der Waals surface area contributed by atoms with Crippen LogP contribution in [0.5, 0.6) is 0 Å². The summed E-state index contributed by atoms with van der Waals surface area (Å²) in [6.45, 7) is 3.53. The zero-order valence-electron chi connectivity index (χ0n) is 15.3. The highest BCUT2D eigenvalue weighted by Crippen LogP contribution is 2.43. The summed E-state index contributed by atoms with van der Waals surface area (Å²) in [4.78, 5) is 27.6. The predicted molar refractivity (Wildman–Crippen MR) is 94.9 cm³/mol. The molecule has 0 saturated carbocycles. The molecule has 0 aliphatic carbocycles. The molecule has 8 nitrogen and oxygen atoms in total. The Morgan fingerprint density at radius 2 is 2.00 bits per heavy atom. The number of hydrogen-bond donors (Lipinski definition) is 2. The first kappa shape index (κ1) is 20.0. The number of ether oxygens (including phenoxy) is 1. The van der Waals surface area contributed by atoms with Crippen molar-refractivity contribution in [2.75, 3.05) is 31.1 Å². The van der Waals surface area contributed by atoms with Gasteiger partial charge in [-0.25, -0.2) is 13.6 Å². The Labute approximate surface area is 160 Å². The lowest BCUT2D eigenvalue weighted by Crippen LogP contribution is -2.68. The van der Waals surface area contributed by atoms with Crippen LogP contribution >= 0.6 is 0 Å². The maximum Gasteiger partial charge on any atom is 0.416 e. The lowest BCUT2D eigenvalue weighted by molar-refractivity contribution is -0.127. The minimum atomic E-state index is -1.43. The van der Waals surface area contributed by atoms with E-state index in [0.717, 1.165) is 17.0 Å². The van der Waals surface area contributed by atoms with E-state index in [0.29, 0.717) is 32.2 Å². The van der Waals surface area contributed by atoms with Crippen molar-refractivity contribution in [1.82, 2.24) is 10.2 Å². The zero-order chi connectivity index (χ0) is 20.5. The van der Waals surface area contributed by atoms with Gasteiger partial charge in [0.05, 0.1) is 24.1 Å². The number of piperazine rings is 1. The van der Waals surface area contributed by atoms with Crippen molar-refractivity contribution in [3.63, 3.8) is 0 Å². The lowest BCUT2D eigenvalue weighted by Gasteiger charge is -2.48. The molecule has 0 aromatic heterocycles. The van der Waals surface area contributed by atoms with Gasteiger partial charge in [-0.3, -0.25) is 14.6 Å². The van der Waals surface area contributed by atoms with Crippen molar-refractivity contribution < 1.29 is 23.1 Å². The van der Waals surface area contributed by atoms with Gasteiger partial charge in [-0.2, -0.15) is 5.26 Å². The molecular formula is C18H21F2N5O3. The van der Waals surface area contributed by atoms with Crippen LogP contribution in [0, 0.1) is 28.9 Å². The fourth-order valence-corrected chi connectivity index (χ4v) is 3.97. The van der Waals surface area contributed by atoms with Crippen molar-refractivity contribution >= 4 is 17.7 Å². The molecule has 3 unspecified atom stereocenters. The van der Waals surface area contributed by atoms with Gasteiger partial charge in [0.15, 0.2) is 11.8 Å². The molecule has 2 fully saturated rings. The van der Waals surface area contributed by atoms with Crippen molar-refractivity contribution in [3.05, 3.63) is 29.8 Å². The zero-order valence-corrected chi connectivity index (χ0v) is 15.3. The first-order chi connectivity index (χ1) is 13.3. The smallest absolute Gasteiger partial charge is 0.416 e. The first-order valence-electron chi connectivity index (χ1n) is 8.90. The second-order valence-electron chi connectivity index (χ2n) is 6.91. The molecular weight excluding hydrogens is 372 g/mol. The number of rotatable bonds is 5. The predicted octanol–water partition coefficient (Wildman–Crippen LogP) is 0.927. The fourth-order valence-electron chi connectivity index (χ4n) is 3.97. The summed E-state index contributed by atoms with van der Waals surface area (Å²) in [5.74, 6) is -3.38. The van der Waals surface area contributed by atoms with Gasteiger partial charge in [-0.1, -0.05) is 0 Å². The number of anilines is 1. The van der Waals surface area contributed by atoms with Gasteiger partial charge in [-0.15, -0.1) is 0 Å². The second-order valence-corrected chi connectivity index (χ2v) is 6.91. The van der Waals surface area contributed by atoms with E-state index in [2.05, 4.69) is 5.32 Å². The number of carbonyl (C=O) groups excluding carboxylic acids is 2. The Morgan fingerprint density at radius 1 is 1.39 bits per heavy atom. The van der Waals surface area contributed by atoms with Crippen LogP contribution in [0.1, 0.15) is 13.3 Å². The Balaban J connectivity index is 2.20. The minimum absolute atomic E-state index is 0.0875. The maximum atomic E-state index is 13.9. The average molecular weight is 393 g/mol. The number of nitrogens with two attached hydrogens (primary N) is 1. The number of hydrogen-bond acceptors (Lipinski definition) is 6. The number of nitriles is 1. The van der Waals surface area contributed by atoms with E-state index in [1.54, 1.807) is 0 Å². The van der Waals surface area contributed by atoms with Crippen molar-refractivity contribution in [2.45, 2.75) is 25.1 Å². The fraction of sp³-hybridized carbons (Fsp3) is 0.500. The number of cyclic esters (lactones) is 1. The number of nitrogens with zero attached hydrogens (tertiary/aromatic N) is 3. The molecule has 150 valence electrons. The summed E-state index contributed by atoms with van der Waals surface area (Å²) in [6.07, 6.45) is -2.21. The SMILES string of the molecule is CC(C(N)=O)C1OC(=O)N(c2cc(F)cc(F)c2)C1(CC#N)N1CCNCC1. The molecule has 3 rings (SSSR count). The third-order valence-corrected chi connectivity index (χ3v) is 5.27. The van der Waals surface area contributed by atoms with Crippen LogP contribution in [0.4, 0.5) is 19.3 Å². The van der Waals surface area contributed by atoms with Crippen LogP contribution < -0.4 is 16.0 Å². The quantitative estimate of drug-likeness (QED) is 0.770. The number of primary amides is 1. The molecule has 0 bridgehead atoms. The van der Waals surface area contributed by atoms with Gasteiger partial charge in [0.1, 0.15) is 11.6 Å². The highest BCUT2D eigenvalue weighted by atomic mass is 19.1. The summed E-state index contributed by atoms with van der Waals surface area (Å²) in [5.41, 5.74) is 3.94. The van der Waals surface area contributed by atoms with Crippen LogP contribution in [0.3, 0.4) is 0 Å². The molecule has 2 aliphatic heterocycles. The second kappa shape index (κ2) is 7.69. The number of carbonyl (C=O) groups is 2. The van der Waals surface area contributed by atoms with Gasteiger partial charge >= 0.3 is 6.09 Å². The topological polar surface area (TPSA) is 112 Å². The van der Waals surface area contributed by atoms with Gasteiger partial charge in [0, 0.05) is 32.2 Å². The highest BCUT2D eigenvalue weighted by Gasteiger charge is 2.61. The lowest BCUT2D eigenvalue weighted by atomic mass is 9.86. The van der Waals surface area contributed by atoms with Crippen molar-refractivity contribution in [1.29, 1.82) is 5.26 Å². The third-order valence-electron chi connectivity index (χ3n) is 5.27.